The molecule has 0 bridgehead atoms. The molecule has 1 saturated heterocycles. The molecular weight excluding hydrogens is 687 g/mol. The van der Waals surface area contributed by atoms with Crippen LogP contribution in [0.2, 0.25) is 0 Å². The Balaban J connectivity index is 1.15. The summed E-state index contributed by atoms with van der Waals surface area (Å²) in [5.41, 5.74) is 2.54. The number of hydrogen-bond donors (Lipinski definition) is 3. The molecule has 51 heavy (non-hydrogen) atoms. The lowest BCUT2D eigenvalue weighted by molar-refractivity contribution is -0.150. The van der Waals surface area contributed by atoms with E-state index in [1.54, 1.807) is 29.7 Å². The second kappa shape index (κ2) is 14.5. The zero-order valence-corrected chi connectivity index (χ0v) is 28.8. The van der Waals surface area contributed by atoms with Crippen molar-refractivity contribution < 1.29 is 28.7 Å². The molecule has 2 aromatic heterocycles. The number of allylic oxidation sites excluding steroid dienone is 1. The van der Waals surface area contributed by atoms with Crippen molar-refractivity contribution in [3.63, 3.8) is 0 Å². The largest absolute Gasteiger partial charge is 0.477 e. The van der Waals surface area contributed by atoms with Crippen LogP contribution >= 0.6 is 23.1 Å². The second-order valence-corrected chi connectivity index (χ2v) is 13.5. The van der Waals surface area contributed by atoms with E-state index < -0.39 is 34.7 Å². The predicted octanol–water partition coefficient (Wildman–Crippen LogP) is 5.94. The average molecular weight is 718 g/mol. The number of carboxylic acid groups (broad SMARTS) is 1. The summed E-state index contributed by atoms with van der Waals surface area (Å²) in [6.07, 6.45) is 4.79. The first-order valence-electron chi connectivity index (χ1n) is 15.9. The fraction of sp³-hybridized carbons (Fsp3) is 0.132. The van der Waals surface area contributed by atoms with Gasteiger partial charge >= 0.3 is 5.97 Å². The summed E-state index contributed by atoms with van der Waals surface area (Å²) < 4.78 is 5.31. The first kappa shape index (κ1) is 33.6. The smallest absolute Gasteiger partial charge is 0.352 e. The fourth-order valence-corrected chi connectivity index (χ4v) is 8.30. The van der Waals surface area contributed by atoms with E-state index in [1.807, 2.05) is 54.6 Å². The van der Waals surface area contributed by atoms with Gasteiger partial charge < -0.3 is 25.0 Å². The molecule has 0 spiro atoms. The summed E-state index contributed by atoms with van der Waals surface area (Å²) in [4.78, 5) is 50.4. The minimum Gasteiger partial charge on any atom is -0.477 e. The number of furan rings is 1. The van der Waals surface area contributed by atoms with Crippen molar-refractivity contribution in [2.24, 2.45) is 5.16 Å². The van der Waals surface area contributed by atoms with E-state index in [4.69, 9.17) is 14.2 Å². The van der Waals surface area contributed by atoms with Gasteiger partial charge in [-0.25, -0.2) is 9.78 Å². The minimum absolute atomic E-state index is 0.128. The van der Waals surface area contributed by atoms with E-state index in [0.717, 1.165) is 16.7 Å². The van der Waals surface area contributed by atoms with Crippen LogP contribution in [0.1, 0.15) is 28.1 Å². The standard InChI is InChI=1S/C38H31N5O6S2/c1-48-42-30(33(44)40-31-34(45)43-32(36(46)47)24(22-50-35(31)43)19-20-28-18-11-21-49-28)29-23-51-37(39-29)41-38(25-12-5-2-6-13-25,26-14-7-3-8-15-26)27-16-9-4-10-17-27/h2-21,23,31,35H,22H2,1H3,(H,39,41)(H,40,44)(H,46,47)/t31?,35-/m1/s1. The molecule has 0 aliphatic carbocycles. The Labute approximate surface area is 301 Å². The number of thiazole rings is 1. The van der Waals surface area contributed by atoms with Gasteiger partial charge in [0.15, 0.2) is 10.8 Å². The molecule has 2 aliphatic rings. The topological polar surface area (TPSA) is 146 Å². The number of carboxylic acids is 1. The third kappa shape index (κ3) is 6.44. The van der Waals surface area contributed by atoms with Crippen LogP contribution in [0.25, 0.3) is 6.08 Å². The molecule has 4 heterocycles. The third-order valence-corrected chi connectivity index (χ3v) is 10.6. The van der Waals surface area contributed by atoms with Crippen molar-refractivity contribution in [1.29, 1.82) is 0 Å². The molecule has 1 unspecified atom stereocenters. The minimum atomic E-state index is -1.24. The molecule has 3 aromatic carbocycles. The average Bonchev–Trinajstić information content (AvgIpc) is 3.87. The Bertz CT molecular complexity index is 2040. The van der Waals surface area contributed by atoms with Gasteiger partial charge in [-0.1, -0.05) is 102 Å². The van der Waals surface area contributed by atoms with Crippen molar-refractivity contribution >= 4 is 57.8 Å². The number of rotatable bonds is 12. The quantitative estimate of drug-likeness (QED) is 0.0618. The van der Waals surface area contributed by atoms with E-state index in [1.165, 1.54) is 41.4 Å². The van der Waals surface area contributed by atoms with Crippen LogP contribution in [0.5, 0.6) is 0 Å². The molecule has 2 amide bonds. The third-order valence-electron chi connectivity index (χ3n) is 8.54. The number of nitrogens with zero attached hydrogens (tertiary/aromatic N) is 3. The number of anilines is 1. The number of β-lactam (4-membered cyclic amide) rings is 1. The second-order valence-electron chi connectivity index (χ2n) is 11.5. The van der Waals surface area contributed by atoms with Gasteiger partial charge in [0.25, 0.3) is 11.8 Å². The van der Waals surface area contributed by atoms with E-state index >= 15 is 0 Å². The Morgan fingerprint density at radius 3 is 2.14 bits per heavy atom. The number of amides is 2. The number of carbonyl (C=O) groups is 3. The molecular formula is C38H31N5O6S2. The first-order chi connectivity index (χ1) is 24.9. The van der Waals surface area contributed by atoms with E-state index in [-0.39, 0.29) is 17.1 Å². The van der Waals surface area contributed by atoms with E-state index in [9.17, 15) is 19.5 Å². The zero-order valence-electron chi connectivity index (χ0n) is 27.1. The van der Waals surface area contributed by atoms with E-state index in [0.29, 0.717) is 22.2 Å². The molecule has 256 valence electrons. The monoisotopic (exact) mass is 717 g/mol. The van der Waals surface area contributed by atoms with Crippen LogP contribution in [-0.2, 0) is 24.8 Å². The SMILES string of the molecule is CON=C(C(=O)NC1C(=O)N2C(C(=O)O)=C(C=Cc3ccco3)CS[C@H]12)c1csc(NC(c2ccccc2)(c2ccccc2)c2ccccc2)n1. The number of benzene rings is 3. The van der Waals surface area contributed by atoms with Crippen molar-refractivity contribution in [2.75, 3.05) is 18.2 Å². The zero-order chi connectivity index (χ0) is 35.4. The molecule has 3 N–H and O–H groups in total. The highest BCUT2D eigenvalue weighted by Gasteiger charge is 2.54. The van der Waals surface area contributed by atoms with Gasteiger partial charge in [-0.15, -0.1) is 23.1 Å². The molecule has 2 aliphatic heterocycles. The van der Waals surface area contributed by atoms with Gasteiger partial charge in [-0.2, -0.15) is 0 Å². The number of aliphatic carboxylic acids is 1. The lowest BCUT2D eigenvalue weighted by Gasteiger charge is -2.49. The van der Waals surface area contributed by atoms with E-state index in [2.05, 4.69) is 52.2 Å². The van der Waals surface area contributed by atoms with Crippen molar-refractivity contribution in [3.8, 4) is 0 Å². The fourth-order valence-electron chi connectivity index (χ4n) is 6.23. The lowest BCUT2D eigenvalue weighted by atomic mass is 9.77. The normalized spacial score (nSPS) is 17.5. The Morgan fingerprint density at radius 2 is 1.59 bits per heavy atom. The van der Waals surface area contributed by atoms with Gasteiger partial charge in [-0.05, 0) is 40.5 Å². The van der Waals surface area contributed by atoms with Crippen molar-refractivity contribution in [2.45, 2.75) is 17.0 Å². The number of nitrogens with one attached hydrogen (secondary N) is 2. The van der Waals surface area contributed by atoms with Gasteiger partial charge in [0.2, 0.25) is 0 Å². The molecule has 7 rings (SSSR count). The summed E-state index contributed by atoms with van der Waals surface area (Å²) in [7, 11) is 1.32. The Morgan fingerprint density at radius 1 is 0.961 bits per heavy atom. The molecule has 11 nitrogen and oxygen atoms in total. The molecule has 1 fully saturated rings. The van der Waals surface area contributed by atoms with Crippen LogP contribution < -0.4 is 10.6 Å². The van der Waals surface area contributed by atoms with Gasteiger partial charge in [-0.3, -0.25) is 14.5 Å². The maximum absolute atomic E-state index is 13.7. The number of fused-ring (bicyclic) bond motifs is 1. The van der Waals surface area contributed by atoms with Crippen molar-refractivity contribution in [3.05, 3.63) is 160 Å². The molecule has 0 saturated carbocycles. The number of oxime groups is 1. The maximum atomic E-state index is 13.7. The number of thioether (sulfide) groups is 1. The summed E-state index contributed by atoms with van der Waals surface area (Å²) >= 11 is 2.65. The van der Waals surface area contributed by atoms with Crippen LogP contribution in [0.4, 0.5) is 5.13 Å². The summed E-state index contributed by atoms with van der Waals surface area (Å²) in [5, 5.41) is 22.0. The van der Waals surface area contributed by atoms with Crippen molar-refractivity contribution in [1.82, 2.24) is 15.2 Å². The number of aromatic nitrogens is 1. The highest BCUT2D eigenvalue weighted by atomic mass is 32.2. The van der Waals surface area contributed by atoms with Gasteiger partial charge in [0, 0.05) is 11.1 Å². The van der Waals surface area contributed by atoms with Crippen LogP contribution in [0, 0.1) is 0 Å². The highest BCUT2D eigenvalue weighted by Crippen LogP contribution is 2.42. The summed E-state index contributed by atoms with van der Waals surface area (Å²) in [6.45, 7) is 0. The van der Waals surface area contributed by atoms with Gasteiger partial charge in [0.05, 0.1) is 6.26 Å². The number of carbonyl (C=O) groups excluding carboxylic acids is 2. The molecule has 0 radical (unpaired) electrons. The van der Waals surface area contributed by atoms with Crippen LogP contribution in [0.15, 0.2) is 142 Å². The number of hydrogen-bond acceptors (Lipinski definition) is 10. The predicted molar refractivity (Wildman–Crippen MR) is 196 cm³/mol. The first-order valence-corrected chi connectivity index (χ1v) is 17.8. The lowest BCUT2D eigenvalue weighted by Crippen LogP contribution is -2.71. The maximum Gasteiger partial charge on any atom is 0.352 e. The van der Waals surface area contributed by atoms with Crippen LogP contribution in [-0.4, -0.2) is 62.8 Å². The van der Waals surface area contributed by atoms with Crippen LogP contribution in [0.3, 0.4) is 0 Å². The Hall–Kier alpha value is -5.92. The summed E-state index contributed by atoms with van der Waals surface area (Å²) in [5.74, 6) is -1.60. The highest BCUT2D eigenvalue weighted by molar-refractivity contribution is 8.00. The van der Waals surface area contributed by atoms with Gasteiger partial charge in [0.1, 0.15) is 41.2 Å². The summed E-state index contributed by atoms with van der Waals surface area (Å²) in [6, 6.07) is 32.6. The molecule has 5 aromatic rings. The molecule has 2 atom stereocenters. The molecule has 13 heteroatoms. The Kier molecular flexibility index (Phi) is 9.55.